The largest absolute Gasteiger partial charge is 0.508 e. The van der Waals surface area contributed by atoms with Gasteiger partial charge in [0.15, 0.2) is 180 Å². The molecule has 0 spiro atoms. The van der Waals surface area contributed by atoms with Gasteiger partial charge < -0.3 is 10.1 Å². The van der Waals surface area contributed by atoms with Crippen LogP contribution < -0.4 is 32.8 Å². The van der Waals surface area contributed by atoms with Crippen molar-refractivity contribution in [3.8, 4) is 17.1 Å². The molecule has 36 heteroatoms. The molecule has 420 valence electrons. The molecule has 1 heterocycles. The molecule has 1 aromatic heterocycles. The first kappa shape index (κ1) is 60.7. The number of hydrogen-bond acceptors (Lipinski definition) is 3. The molecule has 7 aromatic carbocycles. The first-order valence-corrected chi connectivity index (χ1v) is 19.9. The third-order valence-corrected chi connectivity index (χ3v) is 10.8. The van der Waals surface area contributed by atoms with Crippen LogP contribution in [-0.2, 0) is 0 Å². The van der Waals surface area contributed by atoms with E-state index >= 15 is 0 Å². The van der Waals surface area contributed by atoms with Gasteiger partial charge in [-0.3, -0.25) is 0 Å². The fourth-order valence-corrected chi connectivity index (χ4v) is 7.08. The molecule has 8 rings (SSSR count). The van der Waals surface area contributed by atoms with E-state index in [0.717, 1.165) is 5.56 Å². The SMILES string of the molecule is Fc1c(F)c(F)c(B(c2c(F)c(F)c(F)c(F)c2F)c2c(F)c(F)c(F)c(F)c2F)c(F)c1F.Fc1c(F)c(F)c(B(c2c(F)c(F)c(F)c(F)c2F)c2c(F)c(F)c(F)c(F)c2F)c(F)c1F.Oc1ccc(-c2nnc[nH]2)cc1. The predicted octanol–water partition coefficient (Wildman–Crippen LogP) is 9.76. The van der Waals surface area contributed by atoms with Crippen LogP contribution in [0.2, 0.25) is 0 Å². The molecule has 0 atom stereocenters. The predicted molar refractivity (Wildman–Crippen MR) is 210 cm³/mol. The van der Waals surface area contributed by atoms with Gasteiger partial charge in [0.05, 0.1) is 0 Å². The van der Waals surface area contributed by atoms with Gasteiger partial charge in [0, 0.05) is 38.3 Å². The lowest BCUT2D eigenvalue weighted by molar-refractivity contribution is 0.380. The van der Waals surface area contributed by atoms with Crippen molar-refractivity contribution < 1.29 is 137 Å². The van der Waals surface area contributed by atoms with Crippen molar-refractivity contribution >= 4 is 46.2 Å². The Bertz CT molecular complexity index is 3110. The van der Waals surface area contributed by atoms with Gasteiger partial charge in [-0.2, -0.15) is 0 Å². The van der Waals surface area contributed by atoms with Crippen molar-refractivity contribution in [3.63, 3.8) is 0 Å². The zero-order chi connectivity index (χ0) is 60.3. The summed E-state index contributed by atoms with van der Waals surface area (Å²) in [5.74, 6) is -89.5. The summed E-state index contributed by atoms with van der Waals surface area (Å²) in [6, 6.07) is 6.77. The van der Waals surface area contributed by atoms with Crippen molar-refractivity contribution in [3.05, 3.63) is 205 Å². The minimum Gasteiger partial charge on any atom is -0.508 e. The molecule has 0 aliphatic heterocycles. The van der Waals surface area contributed by atoms with E-state index in [9.17, 15) is 132 Å². The van der Waals surface area contributed by atoms with Crippen LogP contribution in [0.15, 0.2) is 30.6 Å². The highest BCUT2D eigenvalue weighted by molar-refractivity contribution is 6.96. The third kappa shape index (κ3) is 10.0. The fourth-order valence-electron chi connectivity index (χ4n) is 7.08. The highest BCUT2D eigenvalue weighted by Crippen LogP contribution is 2.27. The number of hydrogen-bond donors (Lipinski definition) is 2. The zero-order valence-electron chi connectivity index (χ0n) is 36.7. The van der Waals surface area contributed by atoms with Crippen LogP contribution in [0, 0.1) is 175 Å². The molecule has 80 heavy (non-hydrogen) atoms. The molecule has 0 saturated heterocycles. The van der Waals surface area contributed by atoms with E-state index < -0.39 is 221 Å². The van der Waals surface area contributed by atoms with E-state index in [1.165, 1.54) is 6.33 Å². The second-order valence-electron chi connectivity index (χ2n) is 15.2. The summed E-state index contributed by atoms with van der Waals surface area (Å²) >= 11 is 0. The normalized spacial score (nSPS) is 11.2. The van der Waals surface area contributed by atoms with E-state index in [2.05, 4.69) is 15.2 Å². The van der Waals surface area contributed by atoms with Crippen LogP contribution in [0.25, 0.3) is 11.4 Å². The van der Waals surface area contributed by atoms with Gasteiger partial charge in [-0.25, -0.2) is 132 Å². The quantitative estimate of drug-likeness (QED) is 0.0724. The number of phenols is 1. The average molecular weight is 1190 g/mol. The van der Waals surface area contributed by atoms with E-state index in [0.29, 0.717) is 5.82 Å². The summed E-state index contributed by atoms with van der Waals surface area (Å²) in [7, 11) is 0. The fraction of sp³-hybridized carbons (Fsp3) is 0. The number of benzene rings is 7. The Morgan fingerprint density at radius 1 is 0.250 bits per heavy atom. The Balaban J connectivity index is 0.000000213. The maximum absolute atomic E-state index is 14.4. The number of aromatic amines is 1. The Hall–Kier alpha value is -8.49. The maximum Gasteiger partial charge on any atom is 0.265 e. The van der Waals surface area contributed by atoms with Gasteiger partial charge >= 0.3 is 0 Å². The number of nitrogens with one attached hydrogen (secondary N) is 1. The monoisotopic (exact) mass is 1190 g/mol. The van der Waals surface area contributed by atoms with E-state index in [1.807, 2.05) is 0 Å². The number of nitrogens with zero attached hydrogens (tertiary/aromatic N) is 2. The van der Waals surface area contributed by atoms with Gasteiger partial charge in [0.25, 0.3) is 13.4 Å². The van der Waals surface area contributed by atoms with Gasteiger partial charge in [-0.05, 0) is 24.3 Å². The lowest BCUT2D eigenvalue weighted by Crippen LogP contribution is -2.60. The topological polar surface area (TPSA) is 61.8 Å². The van der Waals surface area contributed by atoms with Gasteiger partial charge in [-0.15, -0.1) is 10.2 Å². The number of H-pyrrole nitrogens is 1. The average Bonchev–Trinajstić information content (AvgIpc) is 3.99. The van der Waals surface area contributed by atoms with E-state index in [-0.39, 0.29) is 5.75 Å². The molecule has 0 bridgehead atoms. The third-order valence-electron chi connectivity index (χ3n) is 10.8. The molecule has 0 unspecified atom stereocenters. The van der Waals surface area contributed by atoms with E-state index in [4.69, 9.17) is 5.11 Å². The highest BCUT2D eigenvalue weighted by Gasteiger charge is 2.47. The molecular formula is C44H7B2F30N3O. The van der Waals surface area contributed by atoms with Gasteiger partial charge in [0.1, 0.15) is 12.1 Å². The van der Waals surface area contributed by atoms with Crippen LogP contribution in [0.5, 0.6) is 5.75 Å². The molecule has 0 saturated carbocycles. The van der Waals surface area contributed by atoms with Crippen molar-refractivity contribution in [1.82, 2.24) is 15.2 Å². The van der Waals surface area contributed by atoms with Gasteiger partial charge in [-0.1, -0.05) is 0 Å². The summed E-state index contributed by atoms with van der Waals surface area (Å²) in [5, 5.41) is 16.5. The number of rotatable bonds is 7. The summed E-state index contributed by atoms with van der Waals surface area (Å²) < 4.78 is 417. The number of aromatic nitrogens is 3. The van der Waals surface area contributed by atoms with Crippen molar-refractivity contribution in [2.24, 2.45) is 0 Å². The summed E-state index contributed by atoms with van der Waals surface area (Å²) in [6.07, 6.45) is 1.52. The number of aromatic hydroxyl groups is 1. The van der Waals surface area contributed by atoms with Crippen LogP contribution in [0.3, 0.4) is 0 Å². The molecule has 0 fully saturated rings. The molecule has 2 N–H and O–H groups in total. The Kier molecular flexibility index (Phi) is 17.2. The maximum atomic E-state index is 14.4. The van der Waals surface area contributed by atoms with Crippen LogP contribution >= 0.6 is 0 Å². The lowest BCUT2D eigenvalue weighted by Gasteiger charge is -2.21. The standard InChI is InChI=1S/2C18BF15.C8H7N3O/c2*20-4-1(5(21)11(27)16(32)10(4)26)19(2-6(22)12(28)17(33)13(29)7(2)23)3-8(24)14(30)18(34)15(31)9(3)25;12-7-3-1-6(2-4-7)8-9-5-10-11-8/h;;1-5,12H,(H,9,10,11). The zero-order valence-corrected chi connectivity index (χ0v) is 36.7. The highest BCUT2D eigenvalue weighted by atomic mass is 19.2. The smallest absolute Gasteiger partial charge is 0.265 e. The molecule has 0 amide bonds. The molecule has 0 aliphatic rings. The van der Waals surface area contributed by atoms with Gasteiger partial charge in [0.2, 0.25) is 0 Å². The van der Waals surface area contributed by atoms with Crippen molar-refractivity contribution in [2.75, 3.05) is 0 Å². The van der Waals surface area contributed by atoms with Crippen molar-refractivity contribution in [2.45, 2.75) is 0 Å². The Labute approximate surface area is 420 Å². The number of halogens is 30. The number of phenolic OH excluding ortho intramolecular Hbond substituents is 1. The van der Waals surface area contributed by atoms with E-state index in [1.54, 1.807) is 24.3 Å². The first-order chi connectivity index (χ1) is 37.2. The Morgan fingerprint density at radius 2 is 0.412 bits per heavy atom. The summed E-state index contributed by atoms with van der Waals surface area (Å²) in [6.45, 7) is -7.92. The summed E-state index contributed by atoms with van der Waals surface area (Å²) in [4.78, 5) is 2.87. The van der Waals surface area contributed by atoms with Crippen molar-refractivity contribution in [1.29, 1.82) is 0 Å². The molecule has 0 aliphatic carbocycles. The first-order valence-electron chi connectivity index (χ1n) is 19.9. The molecule has 4 nitrogen and oxygen atoms in total. The Morgan fingerprint density at radius 3 is 0.562 bits per heavy atom. The second kappa shape index (κ2) is 22.7. The van der Waals surface area contributed by atoms with Crippen LogP contribution in [-0.4, -0.2) is 33.7 Å². The molecule has 0 radical (unpaired) electrons. The molecule has 8 aromatic rings. The lowest BCUT2D eigenvalue weighted by atomic mass is 9.36. The minimum absolute atomic E-state index is 0.248. The minimum atomic E-state index is -3.96. The van der Waals surface area contributed by atoms with Crippen LogP contribution in [0.1, 0.15) is 0 Å². The molecular weight excluding hydrogens is 1180 g/mol. The second-order valence-corrected chi connectivity index (χ2v) is 15.2. The summed E-state index contributed by atoms with van der Waals surface area (Å²) in [5.41, 5.74) is -15.2. The van der Waals surface area contributed by atoms with Crippen LogP contribution in [0.4, 0.5) is 132 Å².